The molecule has 1 heterocycles. The summed E-state index contributed by atoms with van der Waals surface area (Å²) in [6, 6.07) is 12.2. The molecule has 0 saturated carbocycles. The topological polar surface area (TPSA) is 9.23 Å². The van der Waals surface area contributed by atoms with Crippen LogP contribution in [-0.2, 0) is 11.3 Å². The fourth-order valence-electron chi connectivity index (χ4n) is 1.39. The zero-order chi connectivity index (χ0) is 11.2. The number of rotatable bonds is 2. The van der Waals surface area contributed by atoms with Crippen molar-refractivity contribution in [3.05, 3.63) is 57.8 Å². The second kappa shape index (κ2) is 5.50. The zero-order valence-electron chi connectivity index (χ0n) is 9.07. The van der Waals surface area contributed by atoms with Crippen LogP contribution in [0.5, 0.6) is 0 Å². The van der Waals surface area contributed by atoms with Crippen LogP contribution >= 0.6 is 11.3 Å². The fourth-order valence-corrected chi connectivity index (χ4v) is 1.96. The van der Waals surface area contributed by atoms with Gasteiger partial charge >= 0.3 is 0 Å². The Labute approximate surface area is 99.7 Å². The van der Waals surface area contributed by atoms with Crippen molar-refractivity contribution in [1.29, 1.82) is 0 Å². The van der Waals surface area contributed by atoms with Gasteiger partial charge in [-0.1, -0.05) is 30.0 Å². The van der Waals surface area contributed by atoms with Gasteiger partial charge in [-0.2, -0.15) is 0 Å². The van der Waals surface area contributed by atoms with Gasteiger partial charge in [-0.3, -0.25) is 0 Å². The normalized spacial score (nSPS) is 9.56. The van der Waals surface area contributed by atoms with Crippen molar-refractivity contribution in [1.82, 2.24) is 0 Å². The molecular formula is C14H12OS. The Morgan fingerprint density at radius 2 is 2.12 bits per heavy atom. The van der Waals surface area contributed by atoms with E-state index in [4.69, 9.17) is 4.74 Å². The summed E-state index contributed by atoms with van der Waals surface area (Å²) in [4.78, 5) is 1.09. The van der Waals surface area contributed by atoms with Gasteiger partial charge in [0.05, 0.1) is 11.5 Å². The summed E-state index contributed by atoms with van der Waals surface area (Å²) < 4.78 is 5.09. The first kappa shape index (κ1) is 10.9. The number of hydrogen-bond donors (Lipinski definition) is 0. The van der Waals surface area contributed by atoms with Gasteiger partial charge in [0.1, 0.15) is 0 Å². The van der Waals surface area contributed by atoms with Gasteiger partial charge in [0.2, 0.25) is 0 Å². The van der Waals surface area contributed by atoms with Crippen LogP contribution in [-0.4, -0.2) is 7.11 Å². The number of hydrogen-bond acceptors (Lipinski definition) is 2. The summed E-state index contributed by atoms with van der Waals surface area (Å²) in [6.07, 6.45) is 0. The standard InChI is InChI=1S/C14H12OS/c1-15-11-13-5-2-4-12(10-13)7-8-14-6-3-9-16-14/h2-6,9-10H,11H2,1H3. The molecule has 2 aromatic rings. The first-order chi connectivity index (χ1) is 7.88. The molecule has 1 aromatic carbocycles. The van der Waals surface area contributed by atoms with E-state index in [0.717, 1.165) is 16.0 Å². The van der Waals surface area contributed by atoms with Gasteiger partial charge in [-0.25, -0.2) is 0 Å². The highest BCUT2D eigenvalue weighted by molar-refractivity contribution is 7.10. The first-order valence-electron chi connectivity index (χ1n) is 5.02. The minimum Gasteiger partial charge on any atom is -0.380 e. The van der Waals surface area contributed by atoms with Gasteiger partial charge in [0, 0.05) is 12.7 Å². The van der Waals surface area contributed by atoms with Gasteiger partial charge < -0.3 is 4.74 Å². The van der Waals surface area contributed by atoms with Crippen molar-refractivity contribution >= 4 is 11.3 Å². The maximum absolute atomic E-state index is 5.09. The maximum Gasteiger partial charge on any atom is 0.0772 e. The highest BCUT2D eigenvalue weighted by Crippen LogP contribution is 2.08. The Balaban J connectivity index is 2.18. The van der Waals surface area contributed by atoms with Crippen LogP contribution in [0.15, 0.2) is 41.8 Å². The van der Waals surface area contributed by atoms with Gasteiger partial charge in [0.15, 0.2) is 0 Å². The zero-order valence-corrected chi connectivity index (χ0v) is 9.88. The second-order valence-corrected chi connectivity index (χ2v) is 4.31. The minimum absolute atomic E-state index is 0.633. The van der Waals surface area contributed by atoms with Crippen molar-refractivity contribution in [3.8, 4) is 11.8 Å². The molecule has 0 fully saturated rings. The van der Waals surface area contributed by atoms with Crippen molar-refractivity contribution in [2.45, 2.75) is 6.61 Å². The molecule has 0 atom stereocenters. The monoisotopic (exact) mass is 228 g/mol. The number of benzene rings is 1. The summed E-state index contributed by atoms with van der Waals surface area (Å²) in [5.41, 5.74) is 2.18. The third-order valence-corrected chi connectivity index (χ3v) is 2.87. The quantitative estimate of drug-likeness (QED) is 0.717. The van der Waals surface area contributed by atoms with Crippen LogP contribution in [0.3, 0.4) is 0 Å². The Kier molecular flexibility index (Phi) is 3.76. The maximum atomic E-state index is 5.09. The SMILES string of the molecule is COCc1cccc(C#Cc2cccs2)c1. The average Bonchev–Trinajstić information content (AvgIpc) is 2.80. The Morgan fingerprint density at radius 1 is 1.19 bits per heavy atom. The Morgan fingerprint density at radius 3 is 2.88 bits per heavy atom. The molecular weight excluding hydrogens is 216 g/mol. The minimum atomic E-state index is 0.633. The third-order valence-electron chi connectivity index (χ3n) is 2.09. The molecule has 16 heavy (non-hydrogen) atoms. The Bertz CT molecular complexity index is 503. The molecule has 1 nitrogen and oxygen atoms in total. The summed E-state index contributed by atoms with van der Waals surface area (Å²) in [7, 11) is 1.70. The molecule has 0 amide bonds. The molecule has 0 saturated heterocycles. The van der Waals surface area contributed by atoms with E-state index in [0.29, 0.717) is 6.61 Å². The lowest BCUT2D eigenvalue weighted by atomic mass is 10.1. The number of thiophene rings is 1. The number of ether oxygens (including phenoxy) is 1. The molecule has 0 aliphatic carbocycles. The number of methoxy groups -OCH3 is 1. The van der Waals surface area contributed by atoms with Crippen LogP contribution < -0.4 is 0 Å². The highest BCUT2D eigenvalue weighted by atomic mass is 32.1. The van der Waals surface area contributed by atoms with Crippen LogP contribution in [0.2, 0.25) is 0 Å². The summed E-state index contributed by atoms with van der Waals surface area (Å²) >= 11 is 1.66. The van der Waals surface area contributed by atoms with Crippen LogP contribution in [0.25, 0.3) is 0 Å². The summed E-state index contributed by atoms with van der Waals surface area (Å²) in [5.74, 6) is 6.29. The molecule has 1 aromatic heterocycles. The second-order valence-electron chi connectivity index (χ2n) is 3.36. The summed E-state index contributed by atoms with van der Waals surface area (Å²) in [5, 5.41) is 2.03. The van der Waals surface area contributed by atoms with E-state index in [2.05, 4.69) is 17.9 Å². The van der Waals surface area contributed by atoms with E-state index in [1.54, 1.807) is 18.4 Å². The summed E-state index contributed by atoms with van der Waals surface area (Å²) in [6.45, 7) is 0.633. The lowest BCUT2D eigenvalue weighted by molar-refractivity contribution is 0.185. The molecule has 2 rings (SSSR count). The van der Waals surface area contributed by atoms with E-state index in [1.165, 1.54) is 0 Å². The largest absolute Gasteiger partial charge is 0.380 e. The lowest BCUT2D eigenvalue weighted by Gasteiger charge is -1.98. The lowest BCUT2D eigenvalue weighted by Crippen LogP contribution is -1.87. The van der Waals surface area contributed by atoms with Crippen LogP contribution in [0, 0.1) is 11.8 Å². The molecule has 0 aliphatic heterocycles. The molecule has 0 bridgehead atoms. The van der Waals surface area contributed by atoms with E-state index in [-0.39, 0.29) is 0 Å². The van der Waals surface area contributed by atoms with Crippen LogP contribution in [0.4, 0.5) is 0 Å². The highest BCUT2D eigenvalue weighted by Gasteiger charge is 1.92. The first-order valence-corrected chi connectivity index (χ1v) is 5.90. The molecule has 0 spiro atoms. The van der Waals surface area contributed by atoms with E-state index in [9.17, 15) is 0 Å². The van der Waals surface area contributed by atoms with Gasteiger partial charge in [-0.15, -0.1) is 11.3 Å². The average molecular weight is 228 g/mol. The van der Waals surface area contributed by atoms with E-state index < -0.39 is 0 Å². The molecule has 0 unspecified atom stereocenters. The van der Waals surface area contributed by atoms with E-state index >= 15 is 0 Å². The molecule has 80 valence electrons. The van der Waals surface area contributed by atoms with Crippen molar-refractivity contribution in [2.75, 3.05) is 7.11 Å². The smallest absolute Gasteiger partial charge is 0.0772 e. The van der Waals surface area contributed by atoms with E-state index in [1.807, 2.05) is 35.7 Å². The van der Waals surface area contributed by atoms with Crippen molar-refractivity contribution in [3.63, 3.8) is 0 Å². The van der Waals surface area contributed by atoms with Crippen molar-refractivity contribution in [2.24, 2.45) is 0 Å². The molecule has 0 radical (unpaired) electrons. The van der Waals surface area contributed by atoms with Gasteiger partial charge in [0.25, 0.3) is 0 Å². The van der Waals surface area contributed by atoms with Crippen LogP contribution in [0.1, 0.15) is 16.0 Å². The molecule has 2 heteroatoms. The molecule has 0 aliphatic rings. The predicted octanol–water partition coefficient (Wildman–Crippen LogP) is 3.29. The van der Waals surface area contributed by atoms with Crippen molar-refractivity contribution < 1.29 is 4.74 Å². The Hall–Kier alpha value is -1.56. The van der Waals surface area contributed by atoms with Gasteiger partial charge in [-0.05, 0) is 29.1 Å². The molecule has 0 N–H and O–H groups in total. The predicted molar refractivity (Wildman–Crippen MR) is 67.5 cm³/mol. The third kappa shape index (κ3) is 2.96. The fraction of sp³-hybridized carbons (Fsp3) is 0.143.